The maximum Gasteiger partial charge on any atom is 0.183 e. The van der Waals surface area contributed by atoms with E-state index in [0.717, 1.165) is 189 Å². The number of anilines is 4. The first-order valence-corrected chi connectivity index (χ1v) is 43.6. The summed E-state index contributed by atoms with van der Waals surface area (Å²) in [7, 11) is 16.1. The summed E-state index contributed by atoms with van der Waals surface area (Å²) < 4.78 is 21.8. The van der Waals surface area contributed by atoms with Crippen molar-refractivity contribution in [1.29, 1.82) is 0 Å². The molecule has 0 aromatic heterocycles. The summed E-state index contributed by atoms with van der Waals surface area (Å²) in [6.07, 6.45) is 8.00. The minimum absolute atomic E-state index is 0.189. The molecule has 0 amide bonds. The highest BCUT2D eigenvalue weighted by molar-refractivity contribution is 6.06. The van der Waals surface area contributed by atoms with Crippen LogP contribution in [0.15, 0.2) is 194 Å². The van der Waals surface area contributed by atoms with E-state index in [1.54, 1.807) is 0 Å². The number of benzene rings is 8. The minimum Gasteiger partial charge on any atom is -0.378 e. The van der Waals surface area contributed by atoms with Gasteiger partial charge in [-0.05, 0) is 275 Å². The van der Waals surface area contributed by atoms with Gasteiger partial charge in [0.1, 0.15) is 0 Å². The average Bonchev–Trinajstić information content (AvgIpc) is 0.800. The van der Waals surface area contributed by atoms with Crippen LogP contribution < -0.4 is 19.6 Å². The van der Waals surface area contributed by atoms with E-state index in [1.165, 1.54) is 44.5 Å². The van der Waals surface area contributed by atoms with Crippen LogP contribution in [-0.2, 0) is 57.5 Å². The molecule has 0 aliphatic carbocycles. The highest BCUT2D eigenvalue weighted by Crippen LogP contribution is 2.35. The number of morpholine rings is 4. The van der Waals surface area contributed by atoms with Crippen molar-refractivity contribution in [3.05, 3.63) is 261 Å². The van der Waals surface area contributed by atoms with Crippen LogP contribution in [0.3, 0.4) is 0 Å². The zero-order valence-electron chi connectivity index (χ0n) is 74.9. The van der Waals surface area contributed by atoms with Crippen LogP contribution in [0.2, 0.25) is 0 Å². The van der Waals surface area contributed by atoms with Gasteiger partial charge in [-0.1, -0.05) is 165 Å². The maximum atomic E-state index is 13.8. The van der Waals surface area contributed by atoms with Crippen LogP contribution in [0, 0.1) is 12.8 Å². The normalized spacial score (nSPS) is 16.7. The molecule has 0 N–H and O–H groups in total. The van der Waals surface area contributed by atoms with Gasteiger partial charge in [0.05, 0.1) is 75.0 Å². The van der Waals surface area contributed by atoms with Gasteiger partial charge < -0.3 is 38.5 Å². The number of aryl methyl sites for hydroxylation is 2. The lowest BCUT2D eigenvalue weighted by Gasteiger charge is -2.38. The number of rotatable bonds is 32. The first-order valence-electron chi connectivity index (χ1n) is 43.6. The van der Waals surface area contributed by atoms with E-state index in [0.29, 0.717) is 37.5 Å². The molecule has 118 heavy (non-hydrogen) atoms. The summed E-state index contributed by atoms with van der Waals surface area (Å²) in [4.78, 5) is 72.4. The van der Waals surface area contributed by atoms with Gasteiger partial charge in [-0.25, -0.2) is 0 Å². The standard InChI is InChI=1S/C27H38N2O2.C26H36N2O2.C25H34N2O2.C24H32N2O2/c1-6-27(28(4)5,20-23-9-7-22(8-10-23)19-21(2)3)26(30)24-11-13-25(14-12-24)29-15-17-31-18-16-29;1-6-26(27(4)5,19-21-7-9-22(10-8-21)20(2)3)25(29)23-11-13-24(14-12-23)28-15-17-30-18-16-28;1-5-20-7-9-21(10-8-20)19-25(6-2,26(3)4)24(28)22-11-13-23(14-12-22)27-15-17-29-18-16-27;1-5-24(25(3)4,18-20-8-6-19(2)7-9-20)23(27)21-10-12-22(13-11-21)26-14-16-28-17-15-26/h7-14,21H,6,15-20H2,1-5H3;7-14,20H,6,15-19H2,1-5H3;7-14H,5-6,15-19H2,1-4H3;6-13H,5,14-18H2,1-4H3. The van der Waals surface area contributed by atoms with Crippen molar-refractivity contribution in [3.8, 4) is 0 Å². The molecule has 4 fully saturated rings. The molecule has 4 saturated heterocycles. The van der Waals surface area contributed by atoms with Crippen molar-refractivity contribution >= 4 is 45.9 Å². The Balaban J connectivity index is 0.000000179. The SMILES string of the molecule is CCC(Cc1ccc(C(C)C)cc1)(C(=O)c1ccc(N2CCOCC2)cc1)N(C)C.CCC(Cc1ccc(C)cc1)(C(=O)c1ccc(N2CCOCC2)cc1)N(C)C.CCC(Cc1ccc(CC(C)C)cc1)(C(=O)c1ccc(N2CCOCC2)cc1)N(C)C.CCc1ccc(CC(CC)(C(=O)c2ccc(N3CCOCC3)cc2)N(C)C)cc1. The summed E-state index contributed by atoms with van der Waals surface area (Å²) in [5.74, 6) is 1.92. The monoisotopic (exact) mass is 1610 g/mol. The molecule has 4 heterocycles. The quantitative estimate of drug-likeness (QED) is 0.0370. The number of carbonyl (C=O) groups excluding carboxylic acids is 4. The Hall–Kier alpha value is -8.68. The number of hydrogen-bond acceptors (Lipinski definition) is 16. The van der Waals surface area contributed by atoms with Crippen LogP contribution in [0.25, 0.3) is 0 Å². The predicted octanol–water partition coefficient (Wildman–Crippen LogP) is 17.8. The molecule has 12 rings (SSSR count). The van der Waals surface area contributed by atoms with Gasteiger partial charge in [-0.3, -0.25) is 38.8 Å². The van der Waals surface area contributed by atoms with Crippen LogP contribution in [-0.4, -0.2) is 226 Å². The van der Waals surface area contributed by atoms with Gasteiger partial charge in [0.25, 0.3) is 0 Å². The summed E-state index contributed by atoms with van der Waals surface area (Å²) in [5, 5.41) is 0. The third-order valence-corrected chi connectivity index (χ3v) is 25.3. The lowest BCUT2D eigenvalue weighted by molar-refractivity contribution is 0.0661. The number of carbonyl (C=O) groups is 4. The second-order valence-corrected chi connectivity index (χ2v) is 34.2. The van der Waals surface area contributed by atoms with Crippen molar-refractivity contribution in [2.45, 2.75) is 162 Å². The second-order valence-electron chi connectivity index (χ2n) is 34.2. The lowest BCUT2D eigenvalue weighted by atomic mass is 9.80. The molecular formula is C102H140N8O8. The van der Waals surface area contributed by atoms with E-state index in [2.05, 4.69) is 254 Å². The topological polar surface area (TPSA) is 131 Å². The Bertz CT molecular complexity index is 4360. The Morgan fingerprint density at radius 1 is 0.305 bits per heavy atom. The smallest absolute Gasteiger partial charge is 0.183 e. The Kier molecular flexibility index (Phi) is 35.2. The van der Waals surface area contributed by atoms with E-state index in [9.17, 15) is 19.2 Å². The molecule has 0 spiro atoms. The molecule has 0 saturated carbocycles. The molecule has 8 aromatic carbocycles. The van der Waals surface area contributed by atoms with E-state index < -0.39 is 22.2 Å². The molecule has 16 heteroatoms. The van der Waals surface area contributed by atoms with Crippen LogP contribution in [0.4, 0.5) is 22.7 Å². The molecule has 4 aliphatic rings. The van der Waals surface area contributed by atoms with Crippen molar-refractivity contribution < 1.29 is 38.1 Å². The lowest BCUT2D eigenvalue weighted by Crippen LogP contribution is -2.52. The van der Waals surface area contributed by atoms with Gasteiger partial charge in [0, 0.05) is 97.4 Å². The zero-order chi connectivity index (χ0) is 85.2. The summed E-state index contributed by atoms with van der Waals surface area (Å²) in [5.41, 5.74) is 15.6. The predicted molar refractivity (Wildman–Crippen MR) is 489 cm³/mol. The summed E-state index contributed by atoms with van der Waals surface area (Å²) in [6, 6.07) is 67.3. The number of likely N-dealkylation sites (N-methyl/N-ethyl adjacent to an activating group) is 4. The highest BCUT2D eigenvalue weighted by atomic mass is 16.5. The third kappa shape index (κ3) is 23.9. The summed E-state index contributed by atoms with van der Waals surface area (Å²) >= 11 is 0. The molecule has 4 aliphatic heterocycles. The number of ketones is 4. The first-order chi connectivity index (χ1) is 56.7. The molecule has 4 atom stereocenters. The number of Topliss-reactive ketones (excluding diaryl/α,β-unsaturated/α-hetero) is 4. The van der Waals surface area contributed by atoms with E-state index in [4.69, 9.17) is 18.9 Å². The van der Waals surface area contributed by atoms with Crippen LogP contribution in [0.1, 0.15) is 180 Å². The Labute approximate surface area is 709 Å². The Morgan fingerprint density at radius 2 is 0.517 bits per heavy atom. The van der Waals surface area contributed by atoms with E-state index >= 15 is 0 Å². The second kappa shape index (κ2) is 44.6. The van der Waals surface area contributed by atoms with Crippen LogP contribution in [0.5, 0.6) is 0 Å². The van der Waals surface area contributed by atoms with Gasteiger partial charge in [-0.15, -0.1) is 0 Å². The van der Waals surface area contributed by atoms with Crippen molar-refractivity contribution in [1.82, 2.24) is 19.6 Å². The molecule has 16 nitrogen and oxygen atoms in total. The number of ether oxygens (including phenoxy) is 4. The first kappa shape index (κ1) is 93.2. The molecule has 0 bridgehead atoms. The van der Waals surface area contributed by atoms with Crippen molar-refractivity contribution in [2.75, 3.05) is 181 Å². The largest absolute Gasteiger partial charge is 0.378 e. The summed E-state index contributed by atoms with van der Waals surface area (Å²) in [6.45, 7) is 34.9. The van der Waals surface area contributed by atoms with E-state index in [-0.39, 0.29) is 23.1 Å². The zero-order valence-corrected chi connectivity index (χ0v) is 74.9. The van der Waals surface area contributed by atoms with Gasteiger partial charge >= 0.3 is 0 Å². The third-order valence-electron chi connectivity index (χ3n) is 25.3. The fourth-order valence-electron chi connectivity index (χ4n) is 17.1. The van der Waals surface area contributed by atoms with E-state index in [1.807, 2.05) is 105 Å². The van der Waals surface area contributed by atoms with Gasteiger partial charge in [-0.2, -0.15) is 0 Å². The van der Waals surface area contributed by atoms with Crippen LogP contribution >= 0.6 is 0 Å². The fourth-order valence-corrected chi connectivity index (χ4v) is 17.1. The minimum atomic E-state index is -0.556. The number of nitrogens with zero attached hydrogens (tertiary/aromatic N) is 8. The Morgan fingerprint density at radius 3 is 0.720 bits per heavy atom. The van der Waals surface area contributed by atoms with Crippen molar-refractivity contribution in [3.63, 3.8) is 0 Å². The maximum absolute atomic E-state index is 13.8. The molecular weight excluding hydrogens is 1470 g/mol. The molecule has 0 radical (unpaired) electrons. The van der Waals surface area contributed by atoms with Gasteiger partial charge in [0.2, 0.25) is 0 Å². The molecule has 8 aromatic rings. The highest BCUT2D eigenvalue weighted by Gasteiger charge is 2.44. The molecule has 4 unspecified atom stereocenters. The fraction of sp³-hybridized carbons (Fsp3) is 0.490. The number of hydrogen-bond donors (Lipinski definition) is 0. The average molecular weight is 1610 g/mol. The molecule has 636 valence electrons. The van der Waals surface area contributed by atoms with Crippen molar-refractivity contribution in [2.24, 2.45) is 5.92 Å². The van der Waals surface area contributed by atoms with Gasteiger partial charge in [0.15, 0.2) is 23.1 Å².